The van der Waals surface area contributed by atoms with Gasteiger partial charge in [-0.1, -0.05) is 5.16 Å². The number of aromatic nitrogens is 1. The van der Waals surface area contributed by atoms with Crippen LogP contribution in [-0.2, 0) is 10.0 Å². The number of ether oxygens (including phenoxy) is 1. The molecular formula is C18H21FN2O4S. The van der Waals surface area contributed by atoms with Crippen LogP contribution in [-0.4, -0.2) is 19.7 Å². The third-order valence-electron chi connectivity index (χ3n) is 5.34. The molecule has 2 bridgehead atoms. The summed E-state index contributed by atoms with van der Waals surface area (Å²) in [6.07, 6.45) is 5.71. The summed E-state index contributed by atoms with van der Waals surface area (Å²) in [5.74, 6) is 1.10. The van der Waals surface area contributed by atoms with Crippen LogP contribution in [0.25, 0.3) is 0 Å². The maximum Gasteiger partial charge on any atom is 0.263 e. The number of hydrogen-bond donors (Lipinski definition) is 1. The monoisotopic (exact) mass is 380 g/mol. The molecule has 5 rings (SSSR count). The minimum atomic E-state index is -3.95. The van der Waals surface area contributed by atoms with Crippen molar-refractivity contribution in [3.8, 4) is 5.75 Å². The maximum absolute atomic E-state index is 14.5. The molecule has 0 radical (unpaired) electrons. The van der Waals surface area contributed by atoms with Crippen LogP contribution in [0.1, 0.15) is 37.9 Å². The van der Waals surface area contributed by atoms with Crippen molar-refractivity contribution in [1.29, 1.82) is 0 Å². The number of nitrogens with one attached hydrogen (secondary N) is 1. The van der Waals surface area contributed by atoms with Crippen molar-refractivity contribution >= 4 is 15.8 Å². The Labute approximate surface area is 151 Å². The molecule has 1 aromatic heterocycles. The van der Waals surface area contributed by atoms with Gasteiger partial charge in [-0.25, -0.2) is 12.8 Å². The van der Waals surface area contributed by atoms with Gasteiger partial charge in [0, 0.05) is 6.07 Å². The molecule has 26 heavy (non-hydrogen) atoms. The standard InChI is InChI=1S/C18H21FN2O4S/c1-11-8-18(20-25-11)21-26(22,23)14-6-7-16(15(19)10-14)24-17-9-12-2-4-13(17)5-3-12/h6-8,10,12-13,17H,2-5,9H2,1H3,(H,20,21)/t12?,13?,17-/m1/s1. The molecule has 0 spiro atoms. The molecule has 3 aliphatic carbocycles. The molecule has 1 aromatic carbocycles. The van der Waals surface area contributed by atoms with E-state index in [0.717, 1.165) is 25.3 Å². The summed E-state index contributed by atoms with van der Waals surface area (Å²) in [5, 5.41) is 3.58. The van der Waals surface area contributed by atoms with E-state index < -0.39 is 15.8 Å². The smallest absolute Gasteiger partial charge is 0.263 e. The normalized spacial score (nSPS) is 25.2. The Balaban J connectivity index is 1.50. The van der Waals surface area contributed by atoms with E-state index in [2.05, 4.69) is 9.88 Å². The van der Waals surface area contributed by atoms with Crippen molar-refractivity contribution in [2.45, 2.75) is 50.0 Å². The molecule has 3 saturated carbocycles. The molecule has 1 atom stereocenters. The van der Waals surface area contributed by atoms with Crippen molar-refractivity contribution in [3.63, 3.8) is 0 Å². The van der Waals surface area contributed by atoms with Gasteiger partial charge < -0.3 is 9.26 Å². The number of halogens is 1. The predicted octanol–water partition coefficient (Wildman–Crippen LogP) is 3.88. The Morgan fingerprint density at radius 3 is 2.58 bits per heavy atom. The van der Waals surface area contributed by atoms with Gasteiger partial charge in [-0.15, -0.1) is 0 Å². The van der Waals surface area contributed by atoms with Gasteiger partial charge in [0.1, 0.15) is 11.9 Å². The summed E-state index contributed by atoms with van der Waals surface area (Å²) in [4.78, 5) is -0.187. The largest absolute Gasteiger partial charge is 0.487 e. The summed E-state index contributed by atoms with van der Waals surface area (Å²) in [6, 6.07) is 5.16. The predicted molar refractivity (Wildman–Crippen MR) is 92.9 cm³/mol. The van der Waals surface area contributed by atoms with E-state index in [0.29, 0.717) is 17.6 Å². The second-order valence-electron chi connectivity index (χ2n) is 7.19. The first kappa shape index (κ1) is 17.3. The topological polar surface area (TPSA) is 81.4 Å². The summed E-state index contributed by atoms with van der Waals surface area (Å²) < 4.78 is 52.2. The number of rotatable bonds is 5. The number of benzene rings is 1. The highest BCUT2D eigenvalue weighted by Crippen LogP contribution is 2.43. The van der Waals surface area contributed by atoms with Crippen LogP contribution in [0.3, 0.4) is 0 Å². The van der Waals surface area contributed by atoms with Crippen LogP contribution in [0, 0.1) is 24.6 Å². The number of fused-ring (bicyclic) bond motifs is 3. The van der Waals surface area contributed by atoms with E-state index in [1.807, 2.05) is 0 Å². The quantitative estimate of drug-likeness (QED) is 0.851. The number of nitrogens with zero attached hydrogens (tertiary/aromatic N) is 1. The molecular weight excluding hydrogens is 359 g/mol. The van der Waals surface area contributed by atoms with Gasteiger partial charge in [0.25, 0.3) is 10.0 Å². The molecule has 1 N–H and O–H groups in total. The highest BCUT2D eigenvalue weighted by atomic mass is 32.2. The summed E-state index contributed by atoms with van der Waals surface area (Å²) in [6.45, 7) is 1.65. The molecule has 3 aliphatic rings. The zero-order valence-corrected chi connectivity index (χ0v) is 15.3. The average molecular weight is 380 g/mol. The molecule has 1 heterocycles. The molecule has 3 fully saturated rings. The molecule has 0 aliphatic heterocycles. The van der Waals surface area contributed by atoms with Gasteiger partial charge in [0.15, 0.2) is 17.4 Å². The lowest BCUT2D eigenvalue weighted by Crippen LogP contribution is -2.39. The summed E-state index contributed by atoms with van der Waals surface area (Å²) >= 11 is 0. The minimum Gasteiger partial charge on any atom is -0.487 e. The Hall–Kier alpha value is -2.09. The van der Waals surface area contributed by atoms with Crippen LogP contribution in [0.15, 0.2) is 33.7 Å². The molecule has 140 valence electrons. The number of sulfonamides is 1. The molecule has 8 heteroatoms. The van der Waals surface area contributed by atoms with Gasteiger partial charge in [0.2, 0.25) is 0 Å². The number of anilines is 1. The van der Waals surface area contributed by atoms with Crippen molar-refractivity contribution in [2.24, 2.45) is 11.8 Å². The van der Waals surface area contributed by atoms with Crippen molar-refractivity contribution in [2.75, 3.05) is 4.72 Å². The lowest BCUT2D eigenvalue weighted by molar-refractivity contribution is 0.0177. The molecule has 0 amide bonds. The SMILES string of the molecule is Cc1cc(NS(=O)(=O)c2ccc(O[C@@H]3CC4CCC3CC4)c(F)c2)no1. The Morgan fingerprint density at radius 1 is 1.23 bits per heavy atom. The van der Waals surface area contributed by atoms with Crippen LogP contribution >= 0.6 is 0 Å². The third kappa shape index (κ3) is 3.42. The van der Waals surface area contributed by atoms with Crippen molar-refractivity contribution < 1.29 is 22.1 Å². The van der Waals surface area contributed by atoms with Crippen LogP contribution in [0.4, 0.5) is 10.2 Å². The Kier molecular flexibility index (Phi) is 4.38. The number of hydrogen-bond acceptors (Lipinski definition) is 5. The van der Waals surface area contributed by atoms with Crippen LogP contribution in [0.2, 0.25) is 0 Å². The Bertz CT molecular complexity index is 904. The fourth-order valence-electron chi connectivity index (χ4n) is 3.98. The van der Waals surface area contributed by atoms with Crippen molar-refractivity contribution in [3.05, 3.63) is 35.8 Å². The van der Waals surface area contributed by atoms with Gasteiger partial charge in [-0.05, 0) is 69.1 Å². The van der Waals surface area contributed by atoms with Crippen molar-refractivity contribution in [1.82, 2.24) is 5.16 Å². The highest BCUT2D eigenvalue weighted by Gasteiger charge is 2.37. The van der Waals surface area contributed by atoms with E-state index in [1.54, 1.807) is 6.92 Å². The van der Waals surface area contributed by atoms with E-state index in [9.17, 15) is 12.8 Å². The first-order chi connectivity index (χ1) is 12.4. The van der Waals surface area contributed by atoms with E-state index in [-0.39, 0.29) is 22.6 Å². The van der Waals surface area contributed by atoms with Crippen LogP contribution in [0.5, 0.6) is 5.75 Å². The molecule has 2 aromatic rings. The van der Waals surface area contributed by atoms with E-state index in [1.165, 1.54) is 31.0 Å². The highest BCUT2D eigenvalue weighted by molar-refractivity contribution is 7.92. The number of aryl methyl sites for hydroxylation is 1. The zero-order valence-electron chi connectivity index (χ0n) is 14.4. The Morgan fingerprint density at radius 2 is 2.00 bits per heavy atom. The molecule has 6 nitrogen and oxygen atoms in total. The minimum absolute atomic E-state index is 0.0238. The van der Waals surface area contributed by atoms with Gasteiger partial charge in [-0.2, -0.15) is 0 Å². The van der Waals surface area contributed by atoms with E-state index >= 15 is 0 Å². The molecule has 0 saturated heterocycles. The first-order valence-electron chi connectivity index (χ1n) is 8.83. The van der Waals surface area contributed by atoms with Gasteiger partial charge in [0.05, 0.1) is 4.90 Å². The van der Waals surface area contributed by atoms with Gasteiger partial charge >= 0.3 is 0 Å². The second kappa shape index (κ2) is 6.57. The average Bonchev–Trinajstić information content (AvgIpc) is 3.02. The fraction of sp³-hybridized carbons (Fsp3) is 0.500. The second-order valence-corrected chi connectivity index (χ2v) is 8.88. The first-order valence-corrected chi connectivity index (χ1v) is 10.3. The zero-order chi connectivity index (χ0) is 18.3. The summed E-state index contributed by atoms with van der Waals surface area (Å²) in [5.41, 5.74) is 0. The third-order valence-corrected chi connectivity index (χ3v) is 6.69. The van der Waals surface area contributed by atoms with Crippen LogP contribution < -0.4 is 9.46 Å². The summed E-state index contributed by atoms with van der Waals surface area (Å²) in [7, 11) is -3.95. The molecule has 0 unspecified atom stereocenters. The van der Waals surface area contributed by atoms with Gasteiger partial charge in [-0.3, -0.25) is 4.72 Å². The van der Waals surface area contributed by atoms with E-state index in [4.69, 9.17) is 9.26 Å². The lowest BCUT2D eigenvalue weighted by atomic mass is 9.69. The fourth-order valence-corrected chi connectivity index (χ4v) is 4.97. The lowest BCUT2D eigenvalue weighted by Gasteiger charge is -2.42. The maximum atomic E-state index is 14.5.